The molecule has 1 unspecified atom stereocenters. The Balaban J connectivity index is 2.32. The highest BCUT2D eigenvalue weighted by Crippen LogP contribution is 2.05. The van der Waals surface area contributed by atoms with Gasteiger partial charge in [-0.05, 0) is 18.9 Å². The van der Waals surface area contributed by atoms with Crippen LogP contribution in [0.5, 0.6) is 0 Å². The predicted octanol–water partition coefficient (Wildman–Crippen LogP) is 0.852. The normalized spacial score (nSPS) is 13.4. The van der Waals surface area contributed by atoms with Crippen LogP contribution in [0.4, 0.5) is 0 Å². The van der Waals surface area contributed by atoms with Crippen molar-refractivity contribution in [1.82, 2.24) is 5.32 Å². The maximum absolute atomic E-state index is 11.7. The molecule has 0 bridgehead atoms. The van der Waals surface area contributed by atoms with E-state index in [4.69, 9.17) is 14.6 Å². The zero-order valence-corrected chi connectivity index (χ0v) is 12.3. The van der Waals surface area contributed by atoms with Crippen molar-refractivity contribution < 1.29 is 24.2 Å². The van der Waals surface area contributed by atoms with E-state index in [0.717, 1.165) is 5.56 Å². The Labute approximate surface area is 124 Å². The van der Waals surface area contributed by atoms with Gasteiger partial charge in [0.1, 0.15) is 6.61 Å². The highest BCUT2D eigenvalue weighted by Gasteiger charge is 2.34. The van der Waals surface area contributed by atoms with E-state index >= 15 is 0 Å². The van der Waals surface area contributed by atoms with E-state index in [-0.39, 0.29) is 13.2 Å². The molecule has 0 fully saturated rings. The number of ether oxygens (including phenoxy) is 2. The Bertz CT molecular complexity index is 462. The number of carboxylic acid groups (broad SMARTS) is 1. The van der Waals surface area contributed by atoms with Gasteiger partial charge in [0, 0.05) is 7.11 Å². The number of hydrogen-bond donors (Lipinski definition) is 2. The second-order valence-corrected chi connectivity index (χ2v) is 4.91. The maximum atomic E-state index is 11.7. The number of amides is 1. The molecule has 1 atom stereocenters. The van der Waals surface area contributed by atoms with Crippen molar-refractivity contribution in [3.05, 3.63) is 35.9 Å². The van der Waals surface area contributed by atoms with Gasteiger partial charge in [0.15, 0.2) is 5.54 Å². The summed E-state index contributed by atoms with van der Waals surface area (Å²) in [6, 6.07) is 9.75. The molecule has 1 amide bonds. The molecule has 6 heteroatoms. The van der Waals surface area contributed by atoms with Crippen molar-refractivity contribution in [2.75, 3.05) is 26.9 Å². The van der Waals surface area contributed by atoms with Crippen molar-refractivity contribution in [3.63, 3.8) is 0 Å². The number of carbonyl (C=O) groups excluding carboxylic acids is 1. The highest BCUT2D eigenvalue weighted by molar-refractivity contribution is 5.87. The van der Waals surface area contributed by atoms with Gasteiger partial charge in [-0.3, -0.25) is 4.79 Å². The lowest BCUT2D eigenvalue weighted by Gasteiger charge is -2.25. The van der Waals surface area contributed by atoms with Crippen molar-refractivity contribution in [2.24, 2.45) is 0 Å². The van der Waals surface area contributed by atoms with E-state index in [9.17, 15) is 9.59 Å². The maximum Gasteiger partial charge on any atom is 0.331 e. The molecule has 1 rings (SSSR count). The van der Waals surface area contributed by atoms with Crippen LogP contribution in [-0.4, -0.2) is 49.5 Å². The topological polar surface area (TPSA) is 84.9 Å². The monoisotopic (exact) mass is 295 g/mol. The fraction of sp³-hybridized carbons (Fsp3) is 0.467. The number of benzene rings is 1. The van der Waals surface area contributed by atoms with Crippen LogP contribution in [0.15, 0.2) is 30.3 Å². The summed E-state index contributed by atoms with van der Waals surface area (Å²) in [6.07, 6.45) is 0.697. The Kier molecular flexibility index (Phi) is 6.84. The first-order valence-corrected chi connectivity index (χ1v) is 6.63. The highest BCUT2D eigenvalue weighted by atomic mass is 16.5. The number of rotatable bonds is 9. The summed E-state index contributed by atoms with van der Waals surface area (Å²) in [7, 11) is 1.38. The molecule has 2 N–H and O–H groups in total. The number of hydrogen-bond acceptors (Lipinski definition) is 4. The quantitative estimate of drug-likeness (QED) is 0.660. The van der Waals surface area contributed by atoms with E-state index in [1.165, 1.54) is 14.0 Å². The van der Waals surface area contributed by atoms with Gasteiger partial charge in [-0.2, -0.15) is 0 Å². The number of carboxylic acids is 1. The number of aliphatic carboxylic acids is 1. The lowest BCUT2D eigenvalue weighted by molar-refractivity contribution is -0.150. The largest absolute Gasteiger partial charge is 0.479 e. The molecule has 0 saturated heterocycles. The van der Waals surface area contributed by atoms with Crippen LogP contribution >= 0.6 is 0 Å². The second kappa shape index (κ2) is 8.39. The molecule has 0 aliphatic heterocycles. The SMILES string of the molecule is COCC(C)(NC(=O)COCCc1ccccc1)C(=O)O. The molecule has 0 radical (unpaired) electrons. The minimum atomic E-state index is -1.45. The number of carbonyl (C=O) groups is 2. The number of nitrogens with one attached hydrogen (secondary N) is 1. The molecule has 116 valence electrons. The fourth-order valence-corrected chi connectivity index (χ4v) is 1.78. The number of methoxy groups -OCH3 is 1. The Morgan fingerprint density at radius 3 is 2.52 bits per heavy atom. The molecule has 0 aliphatic rings. The molecule has 0 saturated carbocycles. The summed E-state index contributed by atoms with van der Waals surface area (Å²) >= 11 is 0. The third kappa shape index (κ3) is 5.93. The first-order chi connectivity index (χ1) is 9.98. The smallest absolute Gasteiger partial charge is 0.331 e. The van der Waals surface area contributed by atoms with Gasteiger partial charge in [0.25, 0.3) is 0 Å². The van der Waals surface area contributed by atoms with Gasteiger partial charge < -0.3 is 19.9 Å². The first-order valence-electron chi connectivity index (χ1n) is 6.63. The predicted molar refractivity (Wildman–Crippen MR) is 77.0 cm³/mol. The molecule has 1 aromatic carbocycles. The van der Waals surface area contributed by atoms with Gasteiger partial charge in [0.05, 0.1) is 13.2 Å². The molecule has 0 spiro atoms. The van der Waals surface area contributed by atoms with Crippen LogP contribution in [0.25, 0.3) is 0 Å². The summed E-state index contributed by atoms with van der Waals surface area (Å²) in [5.74, 6) is -1.63. The van der Waals surface area contributed by atoms with E-state index in [0.29, 0.717) is 13.0 Å². The van der Waals surface area contributed by atoms with Crippen molar-refractivity contribution in [2.45, 2.75) is 18.9 Å². The molecule has 1 aromatic rings. The molecule has 0 aliphatic carbocycles. The van der Waals surface area contributed by atoms with E-state index in [2.05, 4.69) is 5.32 Å². The molecule has 6 nitrogen and oxygen atoms in total. The Hall–Kier alpha value is -1.92. The average molecular weight is 295 g/mol. The second-order valence-electron chi connectivity index (χ2n) is 4.91. The van der Waals surface area contributed by atoms with Crippen molar-refractivity contribution in [3.8, 4) is 0 Å². The lowest BCUT2D eigenvalue weighted by Crippen LogP contribution is -2.56. The molecule has 21 heavy (non-hydrogen) atoms. The zero-order valence-electron chi connectivity index (χ0n) is 12.3. The summed E-state index contributed by atoms with van der Waals surface area (Å²) in [4.78, 5) is 22.8. The zero-order chi connectivity index (χ0) is 15.7. The Morgan fingerprint density at radius 1 is 1.29 bits per heavy atom. The van der Waals surface area contributed by atoms with Crippen LogP contribution in [-0.2, 0) is 25.5 Å². The molecule has 0 aromatic heterocycles. The van der Waals surface area contributed by atoms with Crippen LogP contribution in [0, 0.1) is 0 Å². The Morgan fingerprint density at radius 2 is 1.95 bits per heavy atom. The van der Waals surface area contributed by atoms with Gasteiger partial charge in [-0.15, -0.1) is 0 Å². The van der Waals surface area contributed by atoms with E-state index in [1.807, 2.05) is 30.3 Å². The van der Waals surface area contributed by atoms with E-state index < -0.39 is 17.4 Å². The first kappa shape index (κ1) is 17.1. The third-order valence-corrected chi connectivity index (χ3v) is 2.93. The minimum Gasteiger partial charge on any atom is -0.479 e. The summed E-state index contributed by atoms with van der Waals surface area (Å²) in [5, 5.41) is 11.5. The molecular formula is C15H21NO5. The van der Waals surface area contributed by atoms with E-state index in [1.54, 1.807) is 0 Å². The van der Waals surface area contributed by atoms with Crippen LogP contribution in [0.2, 0.25) is 0 Å². The van der Waals surface area contributed by atoms with Crippen LogP contribution in [0.3, 0.4) is 0 Å². The summed E-state index contributed by atoms with van der Waals surface area (Å²) in [6.45, 7) is 1.49. The standard InChI is InChI=1S/C15H21NO5/c1-15(11-20-2,14(18)19)16-13(17)10-21-9-8-12-6-4-3-5-7-12/h3-7H,8-11H2,1-2H3,(H,16,17)(H,18,19). The fourth-order valence-electron chi connectivity index (χ4n) is 1.78. The lowest BCUT2D eigenvalue weighted by atomic mass is 10.0. The van der Waals surface area contributed by atoms with Gasteiger partial charge >= 0.3 is 5.97 Å². The van der Waals surface area contributed by atoms with Crippen LogP contribution < -0.4 is 5.32 Å². The summed E-state index contributed by atoms with van der Waals surface area (Å²) in [5.41, 5.74) is -0.332. The van der Waals surface area contributed by atoms with Gasteiger partial charge in [-0.1, -0.05) is 30.3 Å². The van der Waals surface area contributed by atoms with Crippen molar-refractivity contribution in [1.29, 1.82) is 0 Å². The molecule has 0 heterocycles. The van der Waals surface area contributed by atoms with Crippen molar-refractivity contribution >= 4 is 11.9 Å². The van der Waals surface area contributed by atoms with Crippen LogP contribution in [0.1, 0.15) is 12.5 Å². The molecular weight excluding hydrogens is 274 g/mol. The summed E-state index contributed by atoms with van der Waals surface area (Å²) < 4.78 is 10.1. The average Bonchev–Trinajstić information content (AvgIpc) is 2.45. The van der Waals surface area contributed by atoms with Gasteiger partial charge in [0.2, 0.25) is 5.91 Å². The minimum absolute atomic E-state index is 0.113. The third-order valence-electron chi connectivity index (χ3n) is 2.93. The van der Waals surface area contributed by atoms with Gasteiger partial charge in [-0.25, -0.2) is 4.79 Å².